The van der Waals surface area contributed by atoms with Crippen LogP contribution in [-0.2, 0) is 9.84 Å². The topological polar surface area (TPSA) is 63.4 Å². The maximum Gasteiger partial charge on any atom is 0.169 e. The number of nitrogen functional groups attached to an aromatic ring is 1. The minimum atomic E-state index is -3.08. The third-order valence-electron chi connectivity index (χ3n) is 2.99. The van der Waals surface area contributed by atoms with E-state index in [0.29, 0.717) is 11.4 Å². The van der Waals surface area contributed by atoms with Crippen LogP contribution in [0.2, 0.25) is 0 Å². The molecule has 100 valence electrons. The summed E-state index contributed by atoms with van der Waals surface area (Å²) in [4.78, 5) is 1.95. The molecule has 1 atom stereocenters. The second-order valence-corrected chi connectivity index (χ2v) is 8.01. The Morgan fingerprint density at radius 2 is 2.11 bits per heavy atom. The number of hydrogen-bond acceptors (Lipinski definition) is 5. The van der Waals surface area contributed by atoms with Crippen molar-refractivity contribution in [3.63, 3.8) is 0 Å². The van der Waals surface area contributed by atoms with E-state index in [1.54, 1.807) is 11.8 Å². The van der Waals surface area contributed by atoms with E-state index < -0.39 is 15.2 Å². The van der Waals surface area contributed by atoms with Gasteiger partial charge in [0, 0.05) is 35.7 Å². The molecule has 0 bridgehead atoms. The van der Waals surface area contributed by atoms with Crippen LogP contribution in [-0.4, -0.2) is 38.1 Å². The summed E-state index contributed by atoms with van der Waals surface area (Å²) >= 11 is 1.68. The average Bonchev–Trinajstić information content (AvgIpc) is 2.26. The minimum Gasteiger partial charge on any atom is -0.399 e. The first-order valence-corrected chi connectivity index (χ1v) is 8.89. The first-order valence-electron chi connectivity index (χ1n) is 5.78. The highest BCUT2D eigenvalue weighted by Gasteiger charge is 2.31. The molecule has 2 rings (SSSR count). The van der Waals surface area contributed by atoms with Crippen LogP contribution in [0.1, 0.15) is 5.56 Å². The van der Waals surface area contributed by atoms with Crippen molar-refractivity contribution in [3.8, 4) is 0 Å². The Morgan fingerprint density at radius 3 is 2.72 bits per heavy atom. The number of thioether (sulfide) groups is 1. The Labute approximate surface area is 112 Å². The number of sulfone groups is 1. The van der Waals surface area contributed by atoms with Crippen LogP contribution >= 0.6 is 11.8 Å². The third-order valence-corrected chi connectivity index (χ3v) is 5.64. The minimum absolute atomic E-state index is 0.447. The van der Waals surface area contributed by atoms with Crippen molar-refractivity contribution in [2.24, 2.45) is 0 Å². The summed E-state index contributed by atoms with van der Waals surface area (Å²) in [6.07, 6.45) is 1.30. The van der Waals surface area contributed by atoms with Gasteiger partial charge in [0.15, 0.2) is 9.84 Å². The van der Waals surface area contributed by atoms with Crippen LogP contribution in [0.4, 0.5) is 11.4 Å². The van der Waals surface area contributed by atoms with Crippen molar-refractivity contribution in [3.05, 3.63) is 23.8 Å². The van der Waals surface area contributed by atoms with Gasteiger partial charge in [0.05, 0.1) is 0 Å². The van der Waals surface area contributed by atoms with E-state index in [1.165, 1.54) is 6.26 Å². The SMILES string of the molecule is Cc1cc(N)cc(N2CCSCC2S(C)(=O)=O)c1. The van der Waals surface area contributed by atoms with Gasteiger partial charge in [-0.15, -0.1) is 0 Å². The van der Waals surface area contributed by atoms with E-state index in [1.807, 2.05) is 30.0 Å². The summed E-state index contributed by atoms with van der Waals surface area (Å²) in [5.74, 6) is 1.56. The lowest BCUT2D eigenvalue weighted by atomic mass is 10.2. The van der Waals surface area contributed by atoms with Crippen LogP contribution in [0.3, 0.4) is 0 Å². The van der Waals surface area contributed by atoms with E-state index in [2.05, 4.69) is 0 Å². The Hall–Kier alpha value is -0.880. The molecule has 1 fully saturated rings. The van der Waals surface area contributed by atoms with Gasteiger partial charge in [0.25, 0.3) is 0 Å². The van der Waals surface area contributed by atoms with Gasteiger partial charge in [0.2, 0.25) is 0 Å². The zero-order chi connectivity index (χ0) is 13.3. The second kappa shape index (κ2) is 5.01. The molecule has 6 heteroatoms. The van der Waals surface area contributed by atoms with Crippen molar-refractivity contribution in [1.29, 1.82) is 0 Å². The van der Waals surface area contributed by atoms with E-state index in [0.717, 1.165) is 23.5 Å². The molecule has 0 spiro atoms. The van der Waals surface area contributed by atoms with E-state index >= 15 is 0 Å². The molecule has 2 N–H and O–H groups in total. The summed E-state index contributed by atoms with van der Waals surface area (Å²) in [6, 6.07) is 5.73. The summed E-state index contributed by atoms with van der Waals surface area (Å²) in [6.45, 7) is 2.71. The van der Waals surface area contributed by atoms with Crippen molar-refractivity contribution in [2.75, 3.05) is 34.9 Å². The molecule has 0 aliphatic carbocycles. The van der Waals surface area contributed by atoms with E-state index in [4.69, 9.17) is 5.73 Å². The van der Waals surface area contributed by atoms with Crippen LogP contribution in [0.5, 0.6) is 0 Å². The number of benzene rings is 1. The number of nitrogens with two attached hydrogens (primary N) is 1. The van der Waals surface area contributed by atoms with Crippen molar-refractivity contribution in [2.45, 2.75) is 12.3 Å². The summed E-state index contributed by atoms with van der Waals surface area (Å²) in [5, 5.41) is -0.447. The van der Waals surface area contributed by atoms with Gasteiger partial charge < -0.3 is 10.6 Å². The third kappa shape index (κ3) is 2.92. The fraction of sp³-hybridized carbons (Fsp3) is 0.500. The predicted molar refractivity (Wildman–Crippen MR) is 78.9 cm³/mol. The molecule has 1 aliphatic heterocycles. The predicted octanol–water partition coefficient (Wildman–Crippen LogP) is 1.50. The first kappa shape index (κ1) is 13.5. The van der Waals surface area contributed by atoms with Gasteiger partial charge in [-0.1, -0.05) is 0 Å². The molecular formula is C12H18N2O2S2. The highest BCUT2D eigenvalue weighted by atomic mass is 32.2. The van der Waals surface area contributed by atoms with E-state index in [-0.39, 0.29) is 0 Å². The van der Waals surface area contributed by atoms with E-state index in [9.17, 15) is 8.42 Å². The van der Waals surface area contributed by atoms with Crippen molar-refractivity contribution in [1.82, 2.24) is 0 Å². The van der Waals surface area contributed by atoms with Crippen molar-refractivity contribution < 1.29 is 8.42 Å². The largest absolute Gasteiger partial charge is 0.399 e. The number of aryl methyl sites for hydroxylation is 1. The smallest absolute Gasteiger partial charge is 0.169 e. The van der Waals surface area contributed by atoms with Crippen molar-refractivity contribution >= 4 is 33.0 Å². The fourth-order valence-electron chi connectivity index (χ4n) is 2.19. The standard InChI is InChI=1S/C12H18N2O2S2/c1-9-5-10(13)7-11(6-9)14-3-4-17-8-12(14)18(2,15)16/h5-7,12H,3-4,8,13H2,1-2H3. The number of anilines is 2. The Bertz CT molecular complexity index is 523. The van der Waals surface area contributed by atoms with Gasteiger partial charge >= 0.3 is 0 Å². The molecule has 1 aromatic rings. The molecule has 0 radical (unpaired) electrons. The normalized spacial score (nSPS) is 21.0. The molecule has 1 unspecified atom stereocenters. The maximum absolute atomic E-state index is 11.9. The molecular weight excluding hydrogens is 268 g/mol. The number of rotatable bonds is 2. The Morgan fingerprint density at radius 1 is 1.39 bits per heavy atom. The molecule has 0 amide bonds. The summed E-state index contributed by atoms with van der Waals surface area (Å²) in [7, 11) is -3.08. The lowest BCUT2D eigenvalue weighted by molar-refractivity contribution is 0.584. The fourth-order valence-corrected chi connectivity index (χ4v) is 5.03. The Kier molecular flexibility index (Phi) is 3.77. The van der Waals surface area contributed by atoms with Gasteiger partial charge in [-0.05, 0) is 30.7 Å². The molecule has 4 nitrogen and oxygen atoms in total. The molecule has 0 saturated carbocycles. The highest BCUT2D eigenvalue weighted by Crippen LogP contribution is 2.28. The molecule has 1 heterocycles. The lowest BCUT2D eigenvalue weighted by Gasteiger charge is -2.36. The summed E-state index contributed by atoms with van der Waals surface area (Å²) in [5.41, 5.74) is 8.47. The number of nitrogens with zero attached hydrogens (tertiary/aromatic N) is 1. The van der Waals surface area contributed by atoms with Gasteiger partial charge in [-0.25, -0.2) is 8.42 Å². The van der Waals surface area contributed by atoms with Gasteiger partial charge in [-0.2, -0.15) is 11.8 Å². The lowest BCUT2D eigenvalue weighted by Crippen LogP contribution is -2.47. The van der Waals surface area contributed by atoms with Gasteiger partial charge in [0.1, 0.15) is 5.37 Å². The molecule has 1 aromatic carbocycles. The van der Waals surface area contributed by atoms with Gasteiger partial charge in [-0.3, -0.25) is 0 Å². The van der Waals surface area contributed by atoms with Crippen LogP contribution in [0, 0.1) is 6.92 Å². The zero-order valence-corrected chi connectivity index (χ0v) is 12.2. The van der Waals surface area contributed by atoms with Crippen LogP contribution in [0.25, 0.3) is 0 Å². The highest BCUT2D eigenvalue weighted by molar-refractivity contribution is 8.01. The Balaban J connectivity index is 2.40. The molecule has 0 aromatic heterocycles. The monoisotopic (exact) mass is 286 g/mol. The average molecular weight is 286 g/mol. The molecule has 1 saturated heterocycles. The molecule has 1 aliphatic rings. The first-order chi connectivity index (χ1) is 8.38. The summed E-state index contributed by atoms with van der Waals surface area (Å²) < 4.78 is 23.7. The van der Waals surface area contributed by atoms with Crippen LogP contribution < -0.4 is 10.6 Å². The zero-order valence-electron chi connectivity index (χ0n) is 10.6. The second-order valence-electron chi connectivity index (χ2n) is 4.65. The quantitative estimate of drug-likeness (QED) is 0.835. The number of hydrogen-bond donors (Lipinski definition) is 1. The molecule has 18 heavy (non-hydrogen) atoms. The maximum atomic E-state index is 11.9. The van der Waals surface area contributed by atoms with Crippen LogP contribution in [0.15, 0.2) is 18.2 Å².